The molecular formula is C14H22ClNS. The van der Waals surface area contributed by atoms with Crippen LogP contribution in [0, 0.1) is 0 Å². The van der Waals surface area contributed by atoms with Crippen molar-refractivity contribution in [1.29, 1.82) is 0 Å². The van der Waals surface area contributed by atoms with E-state index in [1.807, 2.05) is 11.8 Å². The van der Waals surface area contributed by atoms with Crippen LogP contribution in [0.1, 0.15) is 38.7 Å². The van der Waals surface area contributed by atoms with Crippen molar-refractivity contribution in [2.24, 2.45) is 0 Å². The highest BCUT2D eigenvalue weighted by molar-refractivity contribution is 7.99. The summed E-state index contributed by atoms with van der Waals surface area (Å²) in [7, 11) is 0. The number of hydrogen-bond acceptors (Lipinski definition) is 2. The molecule has 1 nitrogen and oxygen atoms in total. The molecule has 0 heterocycles. The van der Waals surface area contributed by atoms with Crippen molar-refractivity contribution in [1.82, 2.24) is 5.32 Å². The van der Waals surface area contributed by atoms with Crippen LogP contribution in [0.5, 0.6) is 0 Å². The van der Waals surface area contributed by atoms with E-state index in [1.165, 1.54) is 29.7 Å². The normalized spacial score (nSPS) is 10.8. The SMILES string of the molecule is CCCCSc1ccc(CNCCC)cc1Cl. The van der Waals surface area contributed by atoms with Gasteiger partial charge in [-0.3, -0.25) is 0 Å². The predicted octanol–water partition coefficient (Wildman–Crippen LogP) is 4.73. The van der Waals surface area contributed by atoms with Crippen molar-refractivity contribution >= 4 is 23.4 Å². The Balaban J connectivity index is 2.47. The molecule has 0 aliphatic rings. The van der Waals surface area contributed by atoms with Crippen LogP contribution < -0.4 is 5.32 Å². The molecule has 0 amide bonds. The van der Waals surface area contributed by atoms with Gasteiger partial charge in [0.1, 0.15) is 0 Å². The fourth-order valence-electron chi connectivity index (χ4n) is 1.51. The molecule has 0 saturated carbocycles. The minimum Gasteiger partial charge on any atom is -0.313 e. The Bertz CT molecular complexity index is 328. The standard InChI is InChI=1S/C14H22ClNS/c1-3-5-9-17-14-7-6-12(10-13(14)15)11-16-8-4-2/h6-7,10,16H,3-5,8-9,11H2,1-2H3. The first-order valence-electron chi connectivity index (χ1n) is 6.39. The summed E-state index contributed by atoms with van der Waals surface area (Å²) in [6.45, 7) is 6.36. The van der Waals surface area contributed by atoms with Gasteiger partial charge >= 0.3 is 0 Å². The maximum atomic E-state index is 6.27. The molecule has 96 valence electrons. The van der Waals surface area contributed by atoms with E-state index >= 15 is 0 Å². The van der Waals surface area contributed by atoms with E-state index in [2.05, 4.69) is 37.4 Å². The highest BCUT2D eigenvalue weighted by Gasteiger charge is 2.02. The van der Waals surface area contributed by atoms with Gasteiger partial charge in [0.25, 0.3) is 0 Å². The largest absolute Gasteiger partial charge is 0.313 e. The highest BCUT2D eigenvalue weighted by Crippen LogP contribution is 2.28. The molecule has 0 aromatic heterocycles. The number of nitrogens with one attached hydrogen (secondary N) is 1. The second-order valence-corrected chi connectivity index (χ2v) is 5.69. The second-order valence-electron chi connectivity index (χ2n) is 4.14. The zero-order valence-electron chi connectivity index (χ0n) is 10.8. The average molecular weight is 272 g/mol. The zero-order chi connectivity index (χ0) is 12.5. The fraction of sp³-hybridized carbons (Fsp3) is 0.571. The molecule has 0 unspecified atom stereocenters. The number of unbranched alkanes of at least 4 members (excludes halogenated alkanes) is 1. The van der Waals surface area contributed by atoms with Gasteiger partial charge in [0.15, 0.2) is 0 Å². The van der Waals surface area contributed by atoms with Crippen molar-refractivity contribution in [3.05, 3.63) is 28.8 Å². The Kier molecular flexibility index (Phi) is 7.74. The van der Waals surface area contributed by atoms with Crippen LogP contribution in [0.25, 0.3) is 0 Å². The van der Waals surface area contributed by atoms with Crippen LogP contribution in [-0.4, -0.2) is 12.3 Å². The molecule has 0 aliphatic carbocycles. The fourth-order valence-corrected chi connectivity index (χ4v) is 2.89. The molecule has 0 saturated heterocycles. The molecular weight excluding hydrogens is 250 g/mol. The van der Waals surface area contributed by atoms with Crippen LogP contribution in [0.15, 0.2) is 23.1 Å². The molecule has 1 aromatic rings. The molecule has 0 fully saturated rings. The first kappa shape index (κ1) is 14.9. The van der Waals surface area contributed by atoms with Gasteiger partial charge in [-0.1, -0.05) is 37.9 Å². The lowest BCUT2D eigenvalue weighted by Crippen LogP contribution is -2.13. The lowest BCUT2D eigenvalue weighted by Gasteiger charge is -2.07. The van der Waals surface area contributed by atoms with Crippen LogP contribution in [-0.2, 0) is 6.54 Å². The quantitative estimate of drug-likeness (QED) is 0.542. The molecule has 0 radical (unpaired) electrons. The lowest BCUT2D eigenvalue weighted by atomic mass is 10.2. The summed E-state index contributed by atoms with van der Waals surface area (Å²) in [6, 6.07) is 6.40. The third kappa shape index (κ3) is 5.80. The number of hydrogen-bond donors (Lipinski definition) is 1. The molecule has 17 heavy (non-hydrogen) atoms. The highest BCUT2D eigenvalue weighted by atomic mass is 35.5. The van der Waals surface area contributed by atoms with Gasteiger partial charge < -0.3 is 5.32 Å². The zero-order valence-corrected chi connectivity index (χ0v) is 12.3. The van der Waals surface area contributed by atoms with Crippen LogP contribution in [0.2, 0.25) is 5.02 Å². The van der Waals surface area contributed by atoms with Crippen molar-refractivity contribution in [3.8, 4) is 0 Å². The summed E-state index contributed by atoms with van der Waals surface area (Å²) in [4.78, 5) is 1.21. The maximum Gasteiger partial charge on any atom is 0.0545 e. The maximum absolute atomic E-state index is 6.27. The van der Waals surface area contributed by atoms with Crippen molar-refractivity contribution < 1.29 is 0 Å². The molecule has 0 bridgehead atoms. The first-order chi connectivity index (χ1) is 8.27. The molecule has 1 N–H and O–H groups in total. The topological polar surface area (TPSA) is 12.0 Å². The van der Waals surface area contributed by atoms with Gasteiger partial charge in [-0.05, 0) is 42.8 Å². The van der Waals surface area contributed by atoms with Gasteiger partial charge in [0.2, 0.25) is 0 Å². The molecule has 1 aromatic carbocycles. The van der Waals surface area contributed by atoms with Gasteiger partial charge in [-0.2, -0.15) is 0 Å². The van der Waals surface area contributed by atoms with Gasteiger partial charge in [-0.25, -0.2) is 0 Å². The molecule has 1 rings (SSSR count). The summed E-state index contributed by atoms with van der Waals surface area (Å²) in [6.07, 6.45) is 3.66. The van der Waals surface area contributed by atoms with E-state index < -0.39 is 0 Å². The molecule has 0 spiro atoms. The van der Waals surface area contributed by atoms with E-state index in [-0.39, 0.29) is 0 Å². The summed E-state index contributed by atoms with van der Waals surface area (Å²) in [5, 5.41) is 4.28. The predicted molar refractivity (Wildman–Crippen MR) is 79.1 cm³/mol. The second kappa shape index (κ2) is 8.84. The Labute approximate surface area is 114 Å². The monoisotopic (exact) mass is 271 g/mol. The summed E-state index contributed by atoms with van der Waals surface area (Å²) < 4.78 is 0. The number of benzene rings is 1. The molecule has 0 aliphatic heterocycles. The van der Waals surface area contributed by atoms with Gasteiger partial charge in [0, 0.05) is 11.4 Å². The minimum atomic E-state index is 0.891. The Morgan fingerprint density at radius 1 is 1.24 bits per heavy atom. The Morgan fingerprint density at radius 3 is 2.71 bits per heavy atom. The smallest absolute Gasteiger partial charge is 0.0545 e. The van der Waals surface area contributed by atoms with Gasteiger partial charge in [0.05, 0.1) is 5.02 Å². The third-order valence-electron chi connectivity index (χ3n) is 2.51. The van der Waals surface area contributed by atoms with E-state index in [1.54, 1.807) is 0 Å². The molecule has 0 atom stereocenters. The van der Waals surface area contributed by atoms with E-state index in [0.717, 1.165) is 23.9 Å². The Hall–Kier alpha value is -0.180. The first-order valence-corrected chi connectivity index (χ1v) is 7.76. The number of thioether (sulfide) groups is 1. The number of rotatable bonds is 8. The van der Waals surface area contributed by atoms with Crippen LogP contribution in [0.3, 0.4) is 0 Å². The van der Waals surface area contributed by atoms with E-state index in [0.29, 0.717) is 0 Å². The summed E-state index contributed by atoms with van der Waals surface area (Å²) >= 11 is 8.13. The minimum absolute atomic E-state index is 0.891. The van der Waals surface area contributed by atoms with Gasteiger partial charge in [-0.15, -0.1) is 11.8 Å². The lowest BCUT2D eigenvalue weighted by molar-refractivity contribution is 0.675. The van der Waals surface area contributed by atoms with E-state index in [4.69, 9.17) is 11.6 Å². The summed E-state index contributed by atoms with van der Waals surface area (Å²) in [5.74, 6) is 1.16. The third-order valence-corrected chi connectivity index (χ3v) is 4.09. The number of halogens is 1. The average Bonchev–Trinajstić information content (AvgIpc) is 2.32. The van der Waals surface area contributed by atoms with Crippen molar-refractivity contribution in [3.63, 3.8) is 0 Å². The van der Waals surface area contributed by atoms with Crippen LogP contribution in [0.4, 0.5) is 0 Å². The van der Waals surface area contributed by atoms with Crippen molar-refractivity contribution in [2.75, 3.05) is 12.3 Å². The Morgan fingerprint density at radius 2 is 2.06 bits per heavy atom. The van der Waals surface area contributed by atoms with E-state index in [9.17, 15) is 0 Å². The van der Waals surface area contributed by atoms with Crippen LogP contribution >= 0.6 is 23.4 Å². The summed E-state index contributed by atoms with van der Waals surface area (Å²) in [5.41, 5.74) is 1.27. The van der Waals surface area contributed by atoms with Crippen molar-refractivity contribution in [2.45, 2.75) is 44.6 Å². The molecule has 3 heteroatoms.